The van der Waals surface area contributed by atoms with Gasteiger partial charge in [-0.3, -0.25) is 24.4 Å². The van der Waals surface area contributed by atoms with Gasteiger partial charge in [-0.15, -0.1) is 0 Å². The van der Waals surface area contributed by atoms with Crippen LogP contribution < -0.4 is 10.6 Å². The summed E-state index contributed by atoms with van der Waals surface area (Å²) >= 11 is 0. The Balaban J connectivity index is 1.38. The Morgan fingerprint density at radius 3 is 3.00 bits per heavy atom. The maximum atomic E-state index is 12.7. The van der Waals surface area contributed by atoms with Gasteiger partial charge in [-0.05, 0) is 37.8 Å². The highest BCUT2D eigenvalue weighted by Gasteiger charge is 2.26. The third-order valence-electron chi connectivity index (χ3n) is 5.09. The summed E-state index contributed by atoms with van der Waals surface area (Å²) in [6.07, 6.45) is 7.75. The normalized spacial score (nSPS) is 16.7. The lowest BCUT2D eigenvalue weighted by Crippen LogP contribution is -2.34. The van der Waals surface area contributed by atoms with Crippen LogP contribution in [0.5, 0.6) is 0 Å². The van der Waals surface area contributed by atoms with Crippen molar-refractivity contribution < 1.29 is 9.59 Å². The number of aryl methyl sites for hydroxylation is 1. The number of pyridine rings is 1. The minimum atomic E-state index is -0.293. The van der Waals surface area contributed by atoms with Crippen LogP contribution in [-0.4, -0.2) is 48.3 Å². The van der Waals surface area contributed by atoms with Crippen molar-refractivity contribution in [2.24, 2.45) is 5.92 Å². The zero-order chi connectivity index (χ0) is 20.2. The molecule has 0 fully saturated rings. The zero-order valence-corrected chi connectivity index (χ0v) is 16.0. The fraction of sp³-hybridized carbons (Fsp3) is 0.368. The number of rotatable bonds is 6. The fourth-order valence-electron chi connectivity index (χ4n) is 3.47. The smallest absolute Gasteiger partial charge is 0.255 e. The Hall–Kier alpha value is -3.56. The first-order valence-corrected chi connectivity index (χ1v) is 9.51. The van der Waals surface area contributed by atoms with E-state index >= 15 is 0 Å². The molecule has 3 aromatic heterocycles. The maximum Gasteiger partial charge on any atom is 0.255 e. The monoisotopic (exact) mass is 394 g/mol. The summed E-state index contributed by atoms with van der Waals surface area (Å²) in [5.41, 5.74) is 1.98. The van der Waals surface area contributed by atoms with Crippen LogP contribution in [0.1, 0.15) is 51.6 Å². The van der Waals surface area contributed by atoms with Gasteiger partial charge in [0, 0.05) is 25.5 Å². The SMILES string of the molecule is C[C@H](NC(=O)c1cnn2c1C[C@@H](CNC(=O)c1cccnc1)CC2)c1ncn[nH]1. The van der Waals surface area contributed by atoms with Crippen molar-refractivity contribution in [2.45, 2.75) is 32.4 Å². The van der Waals surface area contributed by atoms with E-state index in [0.717, 1.165) is 12.1 Å². The summed E-state index contributed by atoms with van der Waals surface area (Å²) < 4.78 is 1.87. The predicted molar refractivity (Wildman–Crippen MR) is 103 cm³/mol. The van der Waals surface area contributed by atoms with Gasteiger partial charge in [-0.1, -0.05) is 0 Å². The van der Waals surface area contributed by atoms with Crippen LogP contribution >= 0.6 is 0 Å². The number of fused-ring (bicyclic) bond motifs is 1. The average molecular weight is 394 g/mol. The van der Waals surface area contributed by atoms with E-state index in [2.05, 4.69) is 35.9 Å². The van der Waals surface area contributed by atoms with Crippen molar-refractivity contribution in [2.75, 3.05) is 6.54 Å². The number of aromatic nitrogens is 6. The van der Waals surface area contributed by atoms with Crippen LogP contribution in [0, 0.1) is 5.92 Å². The van der Waals surface area contributed by atoms with Gasteiger partial charge in [-0.25, -0.2) is 4.98 Å². The second-order valence-electron chi connectivity index (χ2n) is 7.10. The molecule has 3 N–H and O–H groups in total. The number of nitrogens with one attached hydrogen (secondary N) is 3. The van der Waals surface area contributed by atoms with Crippen LogP contribution in [-0.2, 0) is 13.0 Å². The average Bonchev–Trinajstić information content (AvgIpc) is 3.42. The third-order valence-corrected chi connectivity index (χ3v) is 5.09. The molecule has 1 aliphatic heterocycles. The largest absolute Gasteiger partial charge is 0.352 e. The molecule has 4 heterocycles. The number of hydrogen-bond acceptors (Lipinski definition) is 6. The lowest BCUT2D eigenvalue weighted by molar-refractivity contribution is 0.0927. The highest BCUT2D eigenvalue weighted by atomic mass is 16.2. The summed E-state index contributed by atoms with van der Waals surface area (Å²) in [6.45, 7) is 3.09. The highest BCUT2D eigenvalue weighted by Crippen LogP contribution is 2.23. The molecular formula is C19H22N8O2. The fourth-order valence-corrected chi connectivity index (χ4v) is 3.47. The first-order valence-electron chi connectivity index (χ1n) is 9.51. The lowest BCUT2D eigenvalue weighted by atomic mass is 9.94. The maximum absolute atomic E-state index is 12.7. The van der Waals surface area contributed by atoms with Gasteiger partial charge in [0.05, 0.1) is 29.1 Å². The van der Waals surface area contributed by atoms with E-state index < -0.39 is 0 Å². The van der Waals surface area contributed by atoms with Gasteiger partial charge in [0.25, 0.3) is 11.8 Å². The molecule has 0 aliphatic carbocycles. The first-order chi connectivity index (χ1) is 14.1. The molecule has 0 spiro atoms. The van der Waals surface area contributed by atoms with E-state index in [1.54, 1.807) is 30.7 Å². The van der Waals surface area contributed by atoms with E-state index in [9.17, 15) is 9.59 Å². The molecule has 0 saturated heterocycles. The highest BCUT2D eigenvalue weighted by molar-refractivity contribution is 5.95. The summed E-state index contributed by atoms with van der Waals surface area (Å²) in [4.78, 5) is 33.0. The number of carbonyl (C=O) groups is 2. The lowest BCUT2D eigenvalue weighted by Gasteiger charge is -2.24. The van der Waals surface area contributed by atoms with Gasteiger partial charge in [0.2, 0.25) is 0 Å². The Kier molecular flexibility index (Phi) is 5.32. The summed E-state index contributed by atoms with van der Waals surface area (Å²) in [5.74, 6) is 0.486. The molecular weight excluding hydrogens is 372 g/mol. The molecule has 2 atom stereocenters. The molecule has 29 heavy (non-hydrogen) atoms. The van der Waals surface area contributed by atoms with E-state index in [1.165, 1.54) is 6.33 Å². The number of aromatic amines is 1. The second kappa shape index (κ2) is 8.21. The molecule has 0 aromatic carbocycles. The molecule has 150 valence electrons. The molecule has 0 bridgehead atoms. The number of hydrogen-bond donors (Lipinski definition) is 3. The van der Waals surface area contributed by atoms with Gasteiger partial charge in [-0.2, -0.15) is 10.2 Å². The molecule has 10 nitrogen and oxygen atoms in total. The molecule has 0 unspecified atom stereocenters. The van der Waals surface area contributed by atoms with Gasteiger partial charge >= 0.3 is 0 Å². The van der Waals surface area contributed by atoms with Crippen LogP contribution in [0.4, 0.5) is 0 Å². The van der Waals surface area contributed by atoms with Gasteiger partial charge in [0.15, 0.2) is 0 Å². The Bertz CT molecular complexity index is 983. The summed E-state index contributed by atoms with van der Waals surface area (Å²) in [7, 11) is 0. The minimum Gasteiger partial charge on any atom is -0.352 e. The topological polar surface area (TPSA) is 130 Å². The quantitative estimate of drug-likeness (QED) is 0.569. The van der Waals surface area contributed by atoms with Gasteiger partial charge in [0.1, 0.15) is 12.2 Å². The van der Waals surface area contributed by atoms with Crippen molar-refractivity contribution in [1.82, 2.24) is 40.6 Å². The minimum absolute atomic E-state index is 0.143. The first kappa shape index (κ1) is 18.8. The Morgan fingerprint density at radius 1 is 1.34 bits per heavy atom. The van der Waals surface area contributed by atoms with E-state index in [-0.39, 0.29) is 23.8 Å². The van der Waals surface area contributed by atoms with Crippen LogP contribution in [0.3, 0.4) is 0 Å². The van der Waals surface area contributed by atoms with E-state index in [0.29, 0.717) is 36.5 Å². The van der Waals surface area contributed by atoms with Crippen LogP contribution in [0.25, 0.3) is 0 Å². The molecule has 1 aliphatic rings. The van der Waals surface area contributed by atoms with E-state index in [4.69, 9.17) is 0 Å². The van der Waals surface area contributed by atoms with E-state index in [1.807, 2.05) is 11.6 Å². The van der Waals surface area contributed by atoms with Crippen molar-refractivity contribution >= 4 is 11.8 Å². The summed E-state index contributed by atoms with van der Waals surface area (Å²) in [5, 5.41) is 16.8. The van der Waals surface area contributed by atoms with Crippen molar-refractivity contribution in [1.29, 1.82) is 0 Å². The molecule has 2 amide bonds. The molecule has 4 rings (SSSR count). The van der Waals surface area contributed by atoms with Crippen molar-refractivity contribution in [3.8, 4) is 0 Å². The number of H-pyrrole nitrogens is 1. The standard InChI is InChI=1S/C19H22N8O2/c1-12(17-22-11-23-26-17)25-19(29)15-10-24-27-6-4-13(7-16(15)27)8-21-18(28)14-3-2-5-20-9-14/h2-3,5,9-13H,4,6-8H2,1H3,(H,21,28)(H,25,29)(H,22,23,26)/t12-,13-/m0/s1. The molecule has 0 radical (unpaired) electrons. The third kappa shape index (κ3) is 4.15. The second-order valence-corrected chi connectivity index (χ2v) is 7.10. The number of nitrogens with zero attached hydrogens (tertiary/aromatic N) is 5. The Morgan fingerprint density at radius 2 is 2.24 bits per heavy atom. The molecule has 3 aromatic rings. The summed E-state index contributed by atoms with van der Waals surface area (Å²) in [6, 6.07) is 3.17. The van der Waals surface area contributed by atoms with Crippen LogP contribution in [0.2, 0.25) is 0 Å². The van der Waals surface area contributed by atoms with Crippen LogP contribution in [0.15, 0.2) is 37.1 Å². The zero-order valence-electron chi connectivity index (χ0n) is 16.0. The number of amides is 2. The number of carbonyl (C=O) groups excluding carboxylic acids is 2. The van der Waals surface area contributed by atoms with Gasteiger partial charge < -0.3 is 10.6 Å². The molecule has 0 saturated carbocycles. The van der Waals surface area contributed by atoms with Crippen molar-refractivity contribution in [3.63, 3.8) is 0 Å². The predicted octanol–water partition coefficient (Wildman–Crippen LogP) is 0.880. The Labute approximate surface area is 167 Å². The molecule has 10 heteroatoms. The van der Waals surface area contributed by atoms with Crippen molar-refractivity contribution in [3.05, 3.63) is 59.7 Å².